The number of phenolic OH excluding ortho intramolecular Hbond substituents is 1. The Morgan fingerprint density at radius 3 is 2.71 bits per heavy atom. The Morgan fingerprint density at radius 1 is 1.29 bits per heavy atom. The third-order valence-electron chi connectivity index (χ3n) is 5.02. The smallest absolute Gasteiger partial charge is 0.226 e. The van der Waals surface area contributed by atoms with Gasteiger partial charge in [0.25, 0.3) is 0 Å². The van der Waals surface area contributed by atoms with Crippen molar-refractivity contribution in [3.05, 3.63) is 53.9 Å². The molecule has 124 valence electrons. The topological polar surface area (TPSA) is 58.4 Å². The molecule has 1 fully saturated rings. The molecule has 4 rings (SSSR count). The maximum Gasteiger partial charge on any atom is 0.226 e. The second-order valence-electron chi connectivity index (χ2n) is 6.71. The van der Waals surface area contributed by atoms with Crippen LogP contribution in [-0.2, 0) is 11.8 Å². The summed E-state index contributed by atoms with van der Waals surface area (Å²) in [6, 6.07) is 7.27. The largest absolute Gasteiger partial charge is 0.508 e. The van der Waals surface area contributed by atoms with E-state index in [1.165, 1.54) is 11.1 Å². The number of aromatic nitrogens is 2. The molecule has 5 nitrogen and oxygen atoms in total. The molecule has 0 bridgehead atoms. The fraction of sp³-hybridized carbons (Fsp3) is 0.368. The molecule has 1 saturated carbocycles. The molecule has 1 aromatic heterocycles. The first kappa shape index (κ1) is 15.0. The average Bonchev–Trinajstić information content (AvgIpc) is 3.29. The van der Waals surface area contributed by atoms with Gasteiger partial charge in [-0.3, -0.25) is 9.48 Å². The maximum absolute atomic E-state index is 12.7. The van der Waals surface area contributed by atoms with Crippen molar-refractivity contribution in [3.8, 4) is 5.75 Å². The first-order chi connectivity index (χ1) is 11.6. The lowest BCUT2D eigenvalue weighted by molar-refractivity contribution is -0.132. The predicted molar refractivity (Wildman–Crippen MR) is 91.3 cm³/mol. The van der Waals surface area contributed by atoms with E-state index in [2.05, 4.69) is 11.2 Å². The molecule has 0 unspecified atom stereocenters. The van der Waals surface area contributed by atoms with Gasteiger partial charge in [-0.1, -0.05) is 18.2 Å². The van der Waals surface area contributed by atoms with Crippen LogP contribution in [-0.4, -0.2) is 38.8 Å². The average molecular weight is 323 g/mol. The summed E-state index contributed by atoms with van der Waals surface area (Å²) in [5.74, 6) is 1.01. The zero-order valence-electron chi connectivity index (χ0n) is 13.7. The second-order valence-corrected chi connectivity index (χ2v) is 6.71. The zero-order chi connectivity index (χ0) is 16.7. The van der Waals surface area contributed by atoms with Crippen LogP contribution in [0.5, 0.6) is 5.75 Å². The van der Waals surface area contributed by atoms with Gasteiger partial charge in [0.1, 0.15) is 5.75 Å². The molecule has 2 aliphatic rings. The first-order valence-corrected chi connectivity index (χ1v) is 8.37. The van der Waals surface area contributed by atoms with E-state index in [-0.39, 0.29) is 17.6 Å². The second kappa shape index (κ2) is 5.82. The van der Waals surface area contributed by atoms with Gasteiger partial charge in [-0.15, -0.1) is 0 Å². The summed E-state index contributed by atoms with van der Waals surface area (Å²) in [6.07, 6.45) is 7.82. The predicted octanol–water partition coefficient (Wildman–Crippen LogP) is 2.55. The number of carbonyl (C=O) groups is 1. The highest BCUT2D eigenvalue weighted by molar-refractivity contribution is 5.84. The van der Waals surface area contributed by atoms with Gasteiger partial charge in [-0.05, 0) is 47.6 Å². The Balaban J connectivity index is 1.39. The minimum atomic E-state index is 0.123. The van der Waals surface area contributed by atoms with Crippen molar-refractivity contribution in [1.82, 2.24) is 14.7 Å². The van der Waals surface area contributed by atoms with E-state index in [1.807, 2.05) is 36.5 Å². The van der Waals surface area contributed by atoms with Gasteiger partial charge in [0.2, 0.25) is 5.91 Å². The van der Waals surface area contributed by atoms with Gasteiger partial charge in [0, 0.05) is 32.3 Å². The summed E-state index contributed by atoms with van der Waals surface area (Å²) in [4.78, 5) is 14.6. The molecule has 0 radical (unpaired) electrons. The lowest BCUT2D eigenvalue weighted by atomic mass is 9.99. The summed E-state index contributed by atoms with van der Waals surface area (Å²) in [5, 5.41) is 13.6. The minimum Gasteiger partial charge on any atom is -0.508 e. The SMILES string of the molecule is Cn1cc([C@@H]2C[C@H]2C(=O)N2CC=C(c3ccc(O)cc3)CC2)cn1. The number of hydrogen-bond donors (Lipinski definition) is 1. The van der Waals surface area contributed by atoms with E-state index in [1.54, 1.807) is 16.8 Å². The van der Waals surface area contributed by atoms with E-state index in [0.29, 0.717) is 12.5 Å². The summed E-state index contributed by atoms with van der Waals surface area (Å²) in [5.41, 5.74) is 3.55. The molecule has 0 spiro atoms. The van der Waals surface area contributed by atoms with Crippen molar-refractivity contribution in [2.75, 3.05) is 13.1 Å². The number of carbonyl (C=O) groups excluding carboxylic acids is 1. The summed E-state index contributed by atoms with van der Waals surface area (Å²) < 4.78 is 1.79. The molecule has 2 aromatic rings. The van der Waals surface area contributed by atoms with E-state index in [9.17, 15) is 9.90 Å². The Hall–Kier alpha value is -2.56. The highest BCUT2D eigenvalue weighted by Crippen LogP contribution is 2.48. The number of nitrogens with zero attached hydrogens (tertiary/aromatic N) is 3. The van der Waals surface area contributed by atoms with Crippen molar-refractivity contribution in [3.63, 3.8) is 0 Å². The van der Waals surface area contributed by atoms with Crippen molar-refractivity contribution in [2.24, 2.45) is 13.0 Å². The van der Waals surface area contributed by atoms with Crippen molar-refractivity contribution >= 4 is 11.5 Å². The van der Waals surface area contributed by atoms with E-state index in [0.717, 1.165) is 24.9 Å². The molecule has 24 heavy (non-hydrogen) atoms. The molecule has 2 atom stereocenters. The van der Waals surface area contributed by atoms with Crippen LogP contribution in [0.2, 0.25) is 0 Å². The molecule has 0 saturated heterocycles. The number of benzene rings is 1. The molecule has 1 aliphatic carbocycles. The van der Waals surface area contributed by atoms with E-state index >= 15 is 0 Å². The minimum absolute atomic E-state index is 0.123. The Labute approximate surface area is 141 Å². The maximum atomic E-state index is 12.7. The quantitative estimate of drug-likeness (QED) is 0.944. The number of aryl methyl sites for hydroxylation is 1. The normalized spacial score (nSPS) is 23.0. The van der Waals surface area contributed by atoms with Crippen LogP contribution in [0.25, 0.3) is 5.57 Å². The molecule has 2 heterocycles. The summed E-state index contributed by atoms with van der Waals surface area (Å²) in [7, 11) is 1.91. The monoisotopic (exact) mass is 323 g/mol. The third-order valence-corrected chi connectivity index (χ3v) is 5.02. The molecular weight excluding hydrogens is 302 g/mol. The van der Waals surface area contributed by atoms with Crippen LogP contribution >= 0.6 is 0 Å². The Morgan fingerprint density at radius 2 is 2.08 bits per heavy atom. The van der Waals surface area contributed by atoms with Crippen LogP contribution in [0.1, 0.15) is 29.9 Å². The van der Waals surface area contributed by atoms with Gasteiger partial charge in [-0.2, -0.15) is 5.10 Å². The standard InChI is InChI=1S/C19H21N3O2/c1-21-12-15(11-20-21)17-10-18(17)19(24)22-8-6-14(7-9-22)13-2-4-16(23)5-3-13/h2-6,11-12,17-18,23H,7-10H2,1H3/t17-,18+/m0/s1. The molecule has 1 aliphatic heterocycles. The Kier molecular flexibility index (Phi) is 3.63. The molecule has 1 N–H and O–H groups in total. The summed E-state index contributed by atoms with van der Waals surface area (Å²) >= 11 is 0. The van der Waals surface area contributed by atoms with Gasteiger partial charge < -0.3 is 10.0 Å². The van der Waals surface area contributed by atoms with Crippen molar-refractivity contribution in [1.29, 1.82) is 0 Å². The number of rotatable bonds is 3. The molecular formula is C19H21N3O2. The molecule has 1 aromatic carbocycles. The van der Waals surface area contributed by atoms with Crippen LogP contribution in [0.3, 0.4) is 0 Å². The fourth-order valence-corrected chi connectivity index (χ4v) is 3.51. The number of amides is 1. The lowest BCUT2D eigenvalue weighted by Gasteiger charge is -2.27. The molecule has 1 amide bonds. The van der Waals surface area contributed by atoms with E-state index < -0.39 is 0 Å². The van der Waals surface area contributed by atoms with Crippen LogP contribution < -0.4 is 0 Å². The zero-order valence-corrected chi connectivity index (χ0v) is 13.7. The van der Waals surface area contributed by atoms with Gasteiger partial charge in [0.05, 0.1) is 6.20 Å². The summed E-state index contributed by atoms with van der Waals surface area (Å²) in [6.45, 7) is 1.44. The van der Waals surface area contributed by atoms with Gasteiger partial charge in [-0.25, -0.2) is 0 Å². The highest BCUT2D eigenvalue weighted by Gasteiger charge is 2.46. The first-order valence-electron chi connectivity index (χ1n) is 8.37. The van der Waals surface area contributed by atoms with Gasteiger partial charge in [0.15, 0.2) is 0 Å². The third kappa shape index (κ3) is 2.82. The van der Waals surface area contributed by atoms with Crippen LogP contribution in [0, 0.1) is 5.92 Å². The van der Waals surface area contributed by atoms with Gasteiger partial charge >= 0.3 is 0 Å². The Bertz CT molecular complexity index is 791. The van der Waals surface area contributed by atoms with Crippen molar-refractivity contribution < 1.29 is 9.90 Å². The van der Waals surface area contributed by atoms with Crippen LogP contribution in [0.4, 0.5) is 0 Å². The number of aromatic hydroxyl groups is 1. The number of phenols is 1. The molecule has 5 heteroatoms. The lowest BCUT2D eigenvalue weighted by Crippen LogP contribution is -2.36. The highest BCUT2D eigenvalue weighted by atomic mass is 16.3. The number of hydrogen-bond acceptors (Lipinski definition) is 3. The van der Waals surface area contributed by atoms with Crippen molar-refractivity contribution in [2.45, 2.75) is 18.8 Å². The van der Waals surface area contributed by atoms with Crippen LogP contribution in [0.15, 0.2) is 42.7 Å². The fourth-order valence-electron chi connectivity index (χ4n) is 3.51. The van der Waals surface area contributed by atoms with E-state index in [4.69, 9.17) is 0 Å².